The Kier molecular flexibility index (Phi) is 6.99. The number of hydrogen-bond donors (Lipinski definition) is 2. The number of halogens is 1. The van der Waals surface area contributed by atoms with Crippen LogP contribution in [0.25, 0.3) is 0 Å². The van der Waals surface area contributed by atoms with Crippen molar-refractivity contribution in [3.63, 3.8) is 0 Å². The van der Waals surface area contributed by atoms with Crippen LogP contribution in [-0.2, 0) is 28.9 Å². The molecule has 5 rings (SSSR count). The normalized spacial score (nSPS) is 17.6. The van der Waals surface area contributed by atoms with E-state index in [9.17, 15) is 18.1 Å². The first kappa shape index (κ1) is 26.2. The summed E-state index contributed by atoms with van der Waals surface area (Å²) in [6.45, 7) is 0.379. The average molecular weight is 544 g/mol. The van der Waals surface area contributed by atoms with E-state index in [0.717, 1.165) is 5.56 Å². The molecule has 1 saturated heterocycles. The molecule has 3 aromatic carbocycles. The molecular formula is C28H26FN7O2S. The second kappa shape index (κ2) is 10.4. The molecule has 1 unspecified atom stereocenters. The van der Waals surface area contributed by atoms with Gasteiger partial charge < -0.3 is 10.7 Å². The maximum atomic E-state index is 13.5. The van der Waals surface area contributed by atoms with Crippen molar-refractivity contribution >= 4 is 27.6 Å². The lowest BCUT2D eigenvalue weighted by molar-refractivity contribution is 0.412. The van der Waals surface area contributed by atoms with E-state index in [0.29, 0.717) is 40.9 Å². The van der Waals surface area contributed by atoms with E-state index >= 15 is 0 Å². The third-order valence-corrected chi connectivity index (χ3v) is 8.75. The maximum absolute atomic E-state index is 13.5. The van der Waals surface area contributed by atoms with Gasteiger partial charge in [-0.2, -0.15) is 19.5 Å². The lowest BCUT2D eigenvalue weighted by atomic mass is 9.72. The van der Waals surface area contributed by atoms with Crippen LogP contribution in [0.2, 0.25) is 0 Å². The molecule has 0 spiro atoms. The summed E-state index contributed by atoms with van der Waals surface area (Å²) in [6, 6.07) is 21.3. The highest BCUT2D eigenvalue weighted by atomic mass is 32.2. The molecule has 1 aromatic heterocycles. The van der Waals surface area contributed by atoms with Crippen molar-refractivity contribution in [3.8, 4) is 6.07 Å². The Morgan fingerprint density at radius 3 is 2.56 bits per heavy atom. The van der Waals surface area contributed by atoms with Crippen LogP contribution in [0.3, 0.4) is 0 Å². The number of aromatic nitrogens is 3. The Morgan fingerprint density at radius 2 is 1.92 bits per heavy atom. The molecule has 9 nitrogen and oxygen atoms in total. The summed E-state index contributed by atoms with van der Waals surface area (Å²) >= 11 is 0. The molecule has 1 aliphatic rings. The van der Waals surface area contributed by atoms with Crippen LogP contribution in [0.4, 0.5) is 15.8 Å². The molecule has 2 heterocycles. The Hall–Kier alpha value is -4.40. The summed E-state index contributed by atoms with van der Waals surface area (Å²) in [4.78, 5) is 1.21. The van der Waals surface area contributed by atoms with E-state index < -0.39 is 15.4 Å². The first-order valence-electron chi connectivity index (χ1n) is 12.3. The van der Waals surface area contributed by atoms with Gasteiger partial charge in [0.05, 0.1) is 17.8 Å². The van der Waals surface area contributed by atoms with Crippen molar-refractivity contribution in [3.05, 3.63) is 101 Å². The van der Waals surface area contributed by atoms with Gasteiger partial charge in [-0.3, -0.25) is 0 Å². The first-order valence-corrected chi connectivity index (χ1v) is 13.7. The van der Waals surface area contributed by atoms with Crippen molar-refractivity contribution in [1.29, 1.82) is 10.7 Å². The van der Waals surface area contributed by atoms with Gasteiger partial charge in [-0.05, 0) is 60.4 Å². The van der Waals surface area contributed by atoms with Crippen molar-refractivity contribution in [1.82, 2.24) is 19.3 Å². The summed E-state index contributed by atoms with van der Waals surface area (Å²) in [5.74, 6) is -0.369. The number of benzene rings is 3. The van der Waals surface area contributed by atoms with Gasteiger partial charge in [0.2, 0.25) is 5.03 Å². The fourth-order valence-corrected chi connectivity index (χ4v) is 6.54. The summed E-state index contributed by atoms with van der Waals surface area (Å²) in [5, 5.41) is 29.3. The van der Waals surface area contributed by atoms with Crippen LogP contribution >= 0.6 is 0 Å². The Bertz CT molecular complexity index is 1660. The van der Waals surface area contributed by atoms with E-state index in [1.165, 1.54) is 33.6 Å². The smallest absolute Gasteiger partial charge is 0.264 e. The van der Waals surface area contributed by atoms with Crippen molar-refractivity contribution in [2.75, 3.05) is 18.4 Å². The molecule has 0 bridgehead atoms. The second-order valence-electron chi connectivity index (χ2n) is 9.58. The van der Waals surface area contributed by atoms with Crippen molar-refractivity contribution < 1.29 is 12.8 Å². The average Bonchev–Trinajstić information content (AvgIpc) is 3.58. The van der Waals surface area contributed by atoms with E-state index in [2.05, 4.69) is 21.6 Å². The number of nitrogens with zero attached hydrogens (tertiary/aromatic N) is 5. The van der Waals surface area contributed by atoms with Crippen LogP contribution in [0.5, 0.6) is 0 Å². The number of hydrogen-bond acceptors (Lipinski definition) is 7. The molecular weight excluding hydrogens is 517 g/mol. The Morgan fingerprint density at radius 1 is 1.18 bits per heavy atom. The summed E-state index contributed by atoms with van der Waals surface area (Å²) in [7, 11) is -2.35. The molecule has 4 aromatic rings. The zero-order valence-electron chi connectivity index (χ0n) is 21.2. The summed E-state index contributed by atoms with van der Waals surface area (Å²) < 4.78 is 41.7. The second-order valence-corrected chi connectivity index (χ2v) is 11.5. The largest absolute Gasteiger partial charge is 0.355 e. The van der Waals surface area contributed by atoms with Gasteiger partial charge in [-0.1, -0.05) is 30.3 Å². The number of aryl methyl sites for hydroxylation is 1. The lowest BCUT2D eigenvalue weighted by Gasteiger charge is -2.32. The minimum absolute atomic E-state index is 0.125. The quantitative estimate of drug-likeness (QED) is 0.322. The van der Waals surface area contributed by atoms with Gasteiger partial charge >= 0.3 is 0 Å². The third kappa shape index (κ3) is 5.16. The summed E-state index contributed by atoms with van der Waals surface area (Å²) in [5.41, 5.74) is 2.98. The molecule has 198 valence electrons. The first-order chi connectivity index (χ1) is 18.7. The molecule has 1 aliphatic heterocycles. The van der Waals surface area contributed by atoms with Crippen LogP contribution in [-0.4, -0.2) is 47.0 Å². The van der Waals surface area contributed by atoms with Crippen LogP contribution in [0.1, 0.15) is 28.7 Å². The molecule has 1 atom stereocenters. The highest BCUT2D eigenvalue weighted by molar-refractivity contribution is 7.89. The highest BCUT2D eigenvalue weighted by Crippen LogP contribution is 2.42. The highest BCUT2D eigenvalue weighted by Gasteiger charge is 2.46. The molecule has 2 N–H and O–H groups in total. The number of nitriles is 1. The van der Waals surface area contributed by atoms with Crippen molar-refractivity contribution in [2.24, 2.45) is 7.05 Å². The molecule has 39 heavy (non-hydrogen) atoms. The summed E-state index contributed by atoms with van der Waals surface area (Å²) in [6.07, 6.45) is 3.39. The van der Waals surface area contributed by atoms with Gasteiger partial charge in [0, 0.05) is 48.7 Å². The monoisotopic (exact) mass is 543 g/mol. The molecule has 0 saturated carbocycles. The van der Waals surface area contributed by atoms with Gasteiger partial charge in [0.1, 0.15) is 5.82 Å². The Balaban J connectivity index is 1.59. The zero-order valence-corrected chi connectivity index (χ0v) is 22.0. The van der Waals surface area contributed by atoms with Gasteiger partial charge in [0.25, 0.3) is 10.0 Å². The van der Waals surface area contributed by atoms with Crippen LogP contribution in [0.15, 0.2) is 78.0 Å². The fraction of sp³-hybridized carbons (Fsp3) is 0.214. The zero-order chi connectivity index (χ0) is 27.6. The van der Waals surface area contributed by atoms with Gasteiger partial charge in [-0.25, -0.2) is 12.8 Å². The van der Waals surface area contributed by atoms with Crippen LogP contribution < -0.4 is 5.32 Å². The van der Waals surface area contributed by atoms with Crippen LogP contribution in [0, 0.1) is 22.6 Å². The van der Waals surface area contributed by atoms with E-state index in [1.807, 2.05) is 30.3 Å². The predicted octanol–water partition coefficient (Wildman–Crippen LogP) is 4.14. The number of sulfonamides is 1. The number of nitrogens with one attached hydrogen (secondary N) is 2. The predicted molar refractivity (Wildman–Crippen MR) is 145 cm³/mol. The lowest BCUT2D eigenvalue weighted by Crippen LogP contribution is -2.37. The molecule has 0 amide bonds. The van der Waals surface area contributed by atoms with E-state index in [-0.39, 0.29) is 23.9 Å². The van der Waals surface area contributed by atoms with Gasteiger partial charge in [0.15, 0.2) is 0 Å². The molecule has 0 aliphatic carbocycles. The molecule has 0 radical (unpaired) electrons. The number of rotatable bonds is 8. The maximum Gasteiger partial charge on any atom is 0.264 e. The minimum atomic E-state index is -3.91. The van der Waals surface area contributed by atoms with Crippen molar-refractivity contribution in [2.45, 2.75) is 23.3 Å². The molecule has 1 fully saturated rings. The standard InChI is InChI=1S/C28H26FN7O2S/c1-35-32-18-27(34-35)39(37,38)36-12-11-28(19-36,15-20-5-3-2-4-6-20)25-13-22(17-31)26(14-21(25)16-30)33-24-9-7-23(29)8-10-24/h2-10,13-14,17-18,31,33H,11-12,15,19H2,1H3. The SMILES string of the molecule is Cn1ncc(S(=O)(=O)N2CCC(Cc3ccccc3)(c3cc(C=N)c(Nc4ccc(F)cc4)cc3C#N)C2)n1. The fourth-order valence-electron chi connectivity index (χ4n) is 5.13. The number of anilines is 2. The van der Waals surface area contributed by atoms with Gasteiger partial charge in [-0.15, -0.1) is 5.10 Å². The third-order valence-electron chi connectivity index (χ3n) is 7.05. The van der Waals surface area contributed by atoms with E-state index in [1.54, 1.807) is 31.3 Å². The topological polar surface area (TPSA) is 128 Å². The van der Waals surface area contributed by atoms with E-state index in [4.69, 9.17) is 5.41 Å². The minimum Gasteiger partial charge on any atom is -0.355 e. The Labute approximate surface area is 226 Å². The molecule has 11 heteroatoms.